The zero-order chi connectivity index (χ0) is 23.5. The lowest BCUT2D eigenvalue weighted by Gasteiger charge is -2.20. The van der Waals surface area contributed by atoms with E-state index in [4.69, 9.17) is 16.3 Å². The number of halogens is 1. The maximum absolute atomic E-state index is 12.4. The van der Waals surface area contributed by atoms with E-state index in [1.165, 1.54) is 6.08 Å². The summed E-state index contributed by atoms with van der Waals surface area (Å²) in [5.41, 5.74) is 2.99. The molecule has 0 aliphatic rings. The van der Waals surface area contributed by atoms with E-state index in [1.807, 2.05) is 19.9 Å². The van der Waals surface area contributed by atoms with E-state index < -0.39 is 5.97 Å². The number of esters is 1. The molecule has 7 nitrogen and oxygen atoms in total. The Kier molecular flexibility index (Phi) is 9.91. The molecule has 0 aromatic heterocycles. The van der Waals surface area contributed by atoms with Crippen molar-refractivity contribution in [2.45, 2.75) is 20.8 Å². The molecule has 2 N–H and O–H groups in total. The number of amides is 2. The van der Waals surface area contributed by atoms with Crippen LogP contribution in [0.4, 0.5) is 11.4 Å². The van der Waals surface area contributed by atoms with E-state index in [0.29, 0.717) is 29.5 Å². The van der Waals surface area contributed by atoms with E-state index in [0.717, 1.165) is 11.1 Å². The molecule has 0 saturated heterocycles. The first-order chi connectivity index (χ1) is 15.3. The lowest BCUT2D eigenvalue weighted by molar-refractivity contribution is -0.137. The Morgan fingerprint density at radius 1 is 1.00 bits per heavy atom. The average molecular weight is 458 g/mol. The minimum atomic E-state index is -0.404. The molecule has 0 unspecified atom stereocenters. The number of ether oxygens (including phenoxy) is 1. The van der Waals surface area contributed by atoms with Crippen molar-refractivity contribution in [3.8, 4) is 0 Å². The second-order valence-electron chi connectivity index (χ2n) is 7.07. The van der Waals surface area contributed by atoms with E-state index >= 15 is 0 Å². The Hall–Kier alpha value is -3.16. The molecular weight excluding hydrogens is 430 g/mol. The normalized spacial score (nSPS) is 10.9. The molecule has 0 atom stereocenters. The van der Waals surface area contributed by atoms with Crippen molar-refractivity contribution in [1.82, 2.24) is 4.90 Å². The lowest BCUT2D eigenvalue weighted by atomic mass is 10.2. The third-order valence-electron chi connectivity index (χ3n) is 4.55. The quantitative estimate of drug-likeness (QED) is 0.414. The van der Waals surface area contributed by atoms with Crippen molar-refractivity contribution in [3.05, 3.63) is 64.7 Å². The van der Waals surface area contributed by atoms with Crippen LogP contribution in [0.1, 0.15) is 25.0 Å². The van der Waals surface area contributed by atoms with Crippen LogP contribution in [0.25, 0.3) is 6.08 Å². The molecular formula is C24H28ClN3O4. The molecule has 0 fully saturated rings. The SMILES string of the molecule is CCOC(=O)/C=C/c1ccc(NC(=O)CN(CC)CC(=O)Nc2cc(Cl)ccc2C)cc1. The molecule has 2 rings (SSSR count). The number of hydrogen-bond donors (Lipinski definition) is 2. The van der Waals surface area contributed by atoms with E-state index in [-0.39, 0.29) is 24.9 Å². The third kappa shape index (κ3) is 8.53. The van der Waals surface area contributed by atoms with Crippen LogP contribution in [0.2, 0.25) is 5.02 Å². The maximum atomic E-state index is 12.4. The highest BCUT2D eigenvalue weighted by Gasteiger charge is 2.14. The predicted octanol–water partition coefficient (Wildman–Crippen LogP) is 4.12. The summed E-state index contributed by atoms with van der Waals surface area (Å²) in [7, 11) is 0. The van der Waals surface area contributed by atoms with Crippen LogP contribution in [0.5, 0.6) is 0 Å². The van der Waals surface area contributed by atoms with E-state index in [9.17, 15) is 14.4 Å². The van der Waals surface area contributed by atoms with Crippen LogP contribution in [-0.4, -0.2) is 48.9 Å². The minimum Gasteiger partial charge on any atom is -0.463 e. The van der Waals surface area contributed by atoms with Gasteiger partial charge in [0.1, 0.15) is 0 Å². The van der Waals surface area contributed by atoms with Gasteiger partial charge in [0, 0.05) is 22.5 Å². The van der Waals surface area contributed by atoms with Crippen molar-refractivity contribution >= 4 is 46.8 Å². The molecule has 2 aromatic rings. The van der Waals surface area contributed by atoms with Crippen molar-refractivity contribution in [2.75, 3.05) is 36.9 Å². The third-order valence-corrected chi connectivity index (χ3v) is 4.78. The molecule has 2 aromatic carbocycles. The summed E-state index contributed by atoms with van der Waals surface area (Å²) in [4.78, 5) is 37.9. The number of anilines is 2. The number of nitrogens with zero attached hydrogens (tertiary/aromatic N) is 1. The summed E-state index contributed by atoms with van der Waals surface area (Å²) in [6.45, 7) is 6.52. The van der Waals surface area contributed by atoms with Crippen LogP contribution >= 0.6 is 11.6 Å². The highest BCUT2D eigenvalue weighted by molar-refractivity contribution is 6.31. The monoisotopic (exact) mass is 457 g/mol. The lowest BCUT2D eigenvalue weighted by Crippen LogP contribution is -2.38. The number of likely N-dealkylation sites (N-methyl/N-ethyl adjacent to an activating group) is 1. The average Bonchev–Trinajstić information content (AvgIpc) is 2.75. The fourth-order valence-electron chi connectivity index (χ4n) is 2.84. The van der Waals surface area contributed by atoms with Crippen LogP contribution in [0.15, 0.2) is 48.5 Å². The molecule has 0 heterocycles. The number of carbonyl (C=O) groups is 3. The minimum absolute atomic E-state index is 0.0724. The fourth-order valence-corrected chi connectivity index (χ4v) is 3.01. The molecule has 0 spiro atoms. The van der Waals surface area contributed by atoms with Crippen LogP contribution in [0.3, 0.4) is 0 Å². The summed E-state index contributed by atoms with van der Waals surface area (Å²) < 4.78 is 4.84. The largest absolute Gasteiger partial charge is 0.463 e. The number of nitrogens with one attached hydrogen (secondary N) is 2. The Morgan fingerprint density at radius 2 is 1.66 bits per heavy atom. The smallest absolute Gasteiger partial charge is 0.330 e. The molecule has 32 heavy (non-hydrogen) atoms. The molecule has 170 valence electrons. The number of carbonyl (C=O) groups excluding carboxylic acids is 3. The highest BCUT2D eigenvalue weighted by Crippen LogP contribution is 2.20. The highest BCUT2D eigenvalue weighted by atomic mass is 35.5. The van der Waals surface area contributed by atoms with Gasteiger partial charge in [0.25, 0.3) is 0 Å². The summed E-state index contributed by atoms with van der Waals surface area (Å²) in [5, 5.41) is 6.19. The fraction of sp³-hybridized carbons (Fsp3) is 0.292. The van der Waals surface area contributed by atoms with Crippen LogP contribution in [-0.2, 0) is 19.1 Å². The van der Waals surface area contributed by atoms with Gasteiger partial charge in [0.15, 0.2) is 0 Å². The van der Waals surface area contributed by atoms with E-state index in [1.54, 1.807) is 54.3 Å². The first-order valence-electron chi connectivity index (χ1n) is 10.3. The molecule has 0 aliphatic carbocycles. The van der Waals surface area contributed by atoms with E-state index in [2.05, 4.69) is 10.6 Å². The first kappa shape index (κ1) is 25.1. The Morgan fingerprint density at radius 3 is 2.28 bits per heavy atom. The van der Waals surface area contributed by atoms with Gasteiger partial charge in [-0.15, -0.1) is 0 Å². The van der Waals surface area contributed by atoms with Gasteiger partial charge in [0.05, 0.1) is 19.7 Å². The zero-order valence-electron chi connectivity index (χ0n) is 18.5. The van der Waals surface area contributed by atoms with Crippen molar-refractivity contribution in [2.24, 2.45) is 0 Å². The summed E-state index contributed by atoms with van der Waals surface area (Å²) >= 11 is 5.99. The number of benzene rings is 2. The Balaban J connectivity index is 1.86. The second-order valence-corrected chi connectivity index (χ2v) is 7.50. The van der Waals surface area contributed by atoms with Crippen LogP contribution < -0.4 is 10.6 Å². The van der Waals surface area contributed by atoms with Gasteiger partial charge in [-0.3, -0.25) is 14.5 Å². The summed E-state index contributed by atoms with van der Waals surface area (Å²) in [5.74, 6) is -0.852. The molecule has 0 radical (unpaired) electrons. The molecule has 0 saturated carbocycles. The Bertz CT molecular complexity index is 974. The number of aryl methyl sites for hydroxylation is 1. The summed E-state index contributed by atoms with van der Waals surface area (Å²) in [6, 6.07) is 12.3. The van der Waals surface area contributed by atoms with Crippen molar-refractivity contribution in [3.63, 3.8) is 0 Å². The molecule has 8 heteroatoms. The van der Waals surface area contributed by atoms with Gasteiger partial charge < -0.3 is 15.4 Å². The standard InChI is InChI=1S/C24H28ClN3O4/c1-4-28(16-23(30)27-21-14-19(25)10-6-17(21)3)15-22(29)26-20-11-7-18(8-12-20)9-13-24(31)32-5-2/h6-14H,4-5,15-16H2,1-3H3,(H,26,29)(H,27,30)/b13-9+. The predicted molar refractivity (Wildman–Crippen MR) is 128 cm³/mol. The van der Waals surface area contributed by atoms with Crippen LogP contribution in [0, 0.1) is 6.92 Å². The second kappa shape index (κ2) is 12.6. The zero-order valence-corrected chi connectivity index (χ0v) is 19.2. The van der Waals surface area contributed by atoms with Gasteiger partial charge >= 0.3 is 5.97 Å². The van der Waals surface area contributed by atoms with Gasteiger partial charge in [-0.1, -0.05) is 36.7 Å². The van der Waals surface area contributed by atoms with Gasteiger partial charge in [-0.2, -0.15) is 0 Å². The van der Waals surface area contributed by atoms with Crippen molar-refractivity contribution < 1.29 is 19.1 Å². The molecule has 0 aliphatic heterocycles. The summed E-state index contributed by atoms with van der Waals surface area (Å²) in [6.07, 6.45) is 2.99. The maximum Gasteiger partial charge on any atom is 0.330 e. The van der Waals surface area contributed by atoms with Crippen molar-refractivity contribution in [1.29, 1.82) is 0 Å². The molecule has 0 bridgehead atoms. The van der Waals surface area contributed by atoms with Gasteiger partial charge in [-0.05, 0) is 61.9 Å². The number of rotatable bonds is 10. The first-order valence-corrected chi connectivity index (χ1v) is 10.7. The topological polar surface area (TPSA) is 87.7 Å². The van der Waals surface area contributed by atoms with Gasteiger partial charge in [-0.25, -0.2) is 4.79 Å². The number of hydrogen-bond acceptors (Lipinski definition) is 5. The molecule has 2 amide bonds. The van der Waals surface area contributed by atoms with Gasteiger partial charge in [0.2, 0.25) is 11.8 Å². The Labute approximate surface area is 193 Å².